The summed E-state index contributed by atoms with van der Waals surface area (Å²) in [4.78, 5) is 10.9. The van der Waals surface area contributed by atoms with Crippen molar-refractivity contribution in [3.63, 3.8) is 0 Å². The van der Waals surface area contributed by atoms with Gasteiger partial charge in [0.15, 0.2) is 5.82 Å². The Morgan fingerprint density at radius 1 is 0.420 bits per heavy atom. The van der Waals surface area contributed by atoms with Crippen LogP contribution >= 0.6 is 0 Å². The van der Waals surface area contributed by atoms with E-state index >= 15 is 0 Å². The average molecular weight is 892 g/mol. The highest BCUT2D eigenvalue weighted by Crippen LogP contribution is 2.46. The van der Waals surface area contributed by atoms with Crippen LogP contribution in [0.4, 0.5) is 0 Å². The molecule has 0 saturated heterocycles. The third kappa shape index (κ3) is 8.55. The molecule has 0 fully saturated rings. The van der Waals surface area contributed by atoms with Crippen molar-refractivity contribution in [2.75, 3.05) is 0 Å². The van der Waals surface area contributed by atoms with Crippen LogP contribution in [-0.4, -0.2) is 14.5 Å². The number of allylic oxidation sites excluding steroid dienone is 4. The molecular weight excluding hydrogens is 835 g/mol. The molecule has 336 valence electrons. The molecule has 1 aliphatic rings. The zero-order valence-corrected chi connectivity index (χ0v) is 40.4. The quantitative estimate of drug-likeness (QED) is 0.152. The van der Waals surface area contributed by atoms with Crippen LogP contribution in [0.5, 0.6) is 0 Å². The molecule has 2 aromatic heterocycles. The van der Waals surface area contributed by atoms with Crippen LogP contribution in [0.1, 0.15) is 70.7 Å². The minimum absolute atomic E-state index is 0.00616. The second-order valence-electron chi connectivity index (χ2n) is 20.6. The van der Waals surface area contributed by atoms with E-state index < -0.39 is 0 Å². The first-order valence-electron chi connectivity index (χ1n) is 24.3. The predicted molar refractivity (Wildman–Crippen MR) is 292 cm³/mol. The van der Waals surface area contributed by atoms with Crippen LogP contribution in [0.25, 0.3) is 94.6 Å². The van der Waals surface area contributed by atoms with Gasteiger partial charge < -0.3 is 4.57 Å². The third-order valence-electron chi connectivity index (χ3n) is 13.9. The Bertz CT molecular complexity index is 3370. The minimum atomic E-state index is -0.00616. The van der Waals surface area contributed by atoms with Crippen LogP contribution < -0.4 is 0 Å². The molecule has 0 radical (unpaired) electrons. The topological polar surface area (TPSA) is 30.7 Å². The number of fused-ring (bicyclic) bond motifs is 3. The first-order valence-corrected chi connectivity index (χ1v) is 24.3. The maximum atomic E-state index is 5.48. The molecular formula is C66H57N3. The van der Waals surface area contributed by atoms with Gasteiger partial charge in [-0.25, -0.2) is 9.97 Å². The van der Waals surface area contributed by atoms with Gasteiger partial charge >= 0.3 is 0 Å². The summed E-state index contributed by atoms with van der Waals surface area (Å²) in [6, 6.07) is 71.4. The van der Waals surface area contributed by atoms with Crippen molar-refractivity contribution >= 4 is 21.8 Å². The van der Waals surface area contributed by atoms with E-state index in [1.807, 2.05) is 0 Å². The van der Waals surface area contributed by atoms with Crippen molar-refractivity contribution in [1.29, 1.82) is 0 Å². The largest absolute Gasteiger partial charge is 0.308 e. The van der Waals surface area contributed by atoms with Crippen LogP contribution in [-0.2, 0) is 10.8 Å². The maximum absolute atomic E-state index is 5.48. The summed E-state index contributed by atoms with van der Waals surface area (Å²) in [6.07, 6.45) is 9.66. The molecule has 69 heavy (non-hydrogen) atoms. The fourth-order valence-electron chi connectivity index (χ4n) is 9.97. The lowest BCUT2D eigenvalue weighted by Gasteiger charge is -2.24. The van der Waals surface area contributed by atoms with Crippen molar-refractivity contribution in [1.82, 2.24) is 14.5 Å². The van der Waals surface area contributed by atoms with E-state index in [1.54, 1.807) is 0 Å². The zero-order valence-electron chi connectivity index (χ0n) is 40.4. The molecule has 2 heterocycles. The number of rotatable bonds is 8. The van der Waals surface area contributed by atoms with Gasteiger partial charge in [-0.2, -0.15) is 0 Å². The van der Waals surface area contributed by atoms with Crippen molar-refractivity contribution < 1.29 is 0 Å². The number of nitrogens with zero attached hydrogens (tertiary/aromatic N) is 3. The van der Waals surface area contributed by atoms with Gasteiger partial charge in [-0.15, -0.1) is 0 Å². The van der Waals surface area contributed by atoms with E-state index in [0.29, 0.717) is 5.82 Å². The van der Waals surface area contributed by atoms with Gasteiger partial charge in [0, 0.05) is 38.9 Å². The van der Waals surface area contributed by atoms with Gasteiger partial charge in [0.25, 0.3) is 0 Å². The minimum Gasteiger partial charge on any atom is -0.308 e. The van der Waals surface area contributed by atoms with Crippen molar-refractivity contribution in [2.45, 2.75) is 64.7 Å². The Hall–Kier alpha value is -7.88. The van der Waals surface area contributed by atoms with Gasteiger partial charge in [-0.1, -0.05) is 218 Å². The van der Waals surface area contributed by atoms with Crippen LogP contribution in [0, 0.1) is 0 Å². The highest BCUT2D eigenvalue weighted by Gasteiger charge is 2.25. The molecule has 0 saturated carbocycles. The van der Waals surface area contributed by atoms with Crippen LogP contribution in [0.3, 0.4) is 0 Å². The monoisotopic (exact) mass is 891 g/mol. The Balaban J connectivity index is 1.25. The van der Waals surface area contributed by atoms with Crippen LogP contribution in [0.15, 0.2) is 218 Å². The lowest BCUT2D eigenvalue weighted by molar-refractivity contribution is 0.590. The lowest BCUT2D eigenvalue weighted by atomic mass is 9.84. The summed E-state index contributed by atoms with van der Waals surface area (Å²) in [5.41, 5.74) is 19.2. The molecule has 0 aliphatic heterocycles. The normalized spacial score (nSPS) is 13.9. The van der Waals surface area contributed by atoms with Crippen molar-refractivity contribution in [3.05, 3.63) is 235 Å². The first-order chi connectivity index (χ1) is 33.5. The van der Waals surface area contributed by atoms with Gasteiger partial charge in [0.1, 0.15) is 0 Å². The number of benzene rings is 8. The highest BCUT2D eigenvalue weighted by molar-refractivity contribution is 6.13. The summed E-state index contributed by atoms with van der Waals surface area (Å²) >= 11 is 0. The molecule has 10 aromatic rings. The highest BCUT2D eigenvalue weighted by atomic mass is 15.0. The SMILES string of the molecule is CC(C)(C)c1ccc(-c2cc(-c3nc(-c4ccccc4)cc(C4C=CC=CC4)n3)cc(-c3ccc(C(C)(C)C)cc3)c2-n2c3ccc(-c4ccccc4)cc3c3cc(-c4ccccc4)ccc32)cc1. The predicted octanol–water partition coefficient (Wildman–Crippen LogP) is 17.8. The van der Waals surface area contributed by atoms with E-state index in [2.05, 4.69) is 265 Å². The molecule has 1 aliphatic carbocycles. The fourth-order valence-corrected chi connectivity index (χ4v) is 9.97. The molecule has 0 N–H and O–H groups in total. The van der Waals surface area contributed by atoms with E-state index in [0.717, 1.165) is 67.9 Å². The summed E-state index contributed by atoms with van der Waals surface area (Å²) in [5, 5.41) is 2.41. The second-order valence-corrected chi connectivity index (χ2v) is 20.6. The molecule has 0 spiro atoms. The van der Waals surface area contributed by atoms with Crippen molar-refractivity contribution in [3.8, 4) is 72.8 Å². The van der Waals surface area contributed by atoms with E-state index in [4.69, 9.17) is 9.97 Å². The summed E-state index contributed by atoms with van der Waals surface area (Å²) in [5.74, 6) is 0.856. The lowest BCUT2D eigenvalue weighted by Crippen LogP contribution is -2.11. The van der Waals surface area contributed by atoms with Gasteiger partial charge in [0.05, 0.1) is 28.1 Å². The van der Waals surface area contributed by atoms with Crippen molar-refractivity contribution in [2.24, 2.45) is 0 Å². The molecule has 3 nitrogen and oxygen atoms in total. The molecule has 3 heteroatoms. The van der Waals surface area contributed by atoms with Crippen LogP contribution in [0.2, 0.25) is 0 Å². The zero-order chi connectivity index (χ0) is 47.3. The summed E-state index contributed by atoms with van der Waals surface area (Å²) in [7, 11) is 0. The summed E-state index contributed by atoms with van der Waals surface area (Å²) < 4.78 is 2.53. The Labute approximate surface area is 407 Å². The second kappa shape index (κ2) is 17.6. The number of aromatic nitrogens is 3. The smallest absolute Gasteiger partial charge is 0.160 e. The molecule has 8 aromatic carbocycles. The summed E-state index contributed by atoms with van der Waals surface area (Å²) in [6.45, 7) is 13.7. The standard InChI is InChI=1S/C66H57N3/c1-65(2,3)53-33-27-46(28-34-53)55-41-52(64-67-59(48-23-15-9-16-24-48)43-60(68-64)49-25-17-10-18-26-49)42-56(47-29-35-54(36-30-47)66(4,5)6)63(55)69-61-37-31-50(44-19-11-7-12-20-44)39-57(61)58-40-51(32-38-62(58)69)45-21-13-8-14-22-45/h7-25,27-43,49H,26H2,1-6H3. The van der Waals surface area contributed by atoms with E-state index in [1.165, 1.54) is 44.2 Å². The number of hydrogen-bond acceptors (Lipinski definition) is 2. The molecule has 0 amide bonds. The Morgan fingerprint density at radius 2 is 0.884 bits per heavy atom. The van der Waals surface area contributed by atoms with Gasteiger partial charge in [0.2, 0.25) is 0 Å². The maximum Gasteiger partial charge on any atom is 0.160 e. The molecule has 0 bridgehead atoms. The third-order valence-corrected chi connectivity index (χ3v) is 13.9. The van der Waals surface area contributed by atoms with Gasteiger partial charge in [-0.3, -0.25) is 0 Å². The molecule has 1 atom stereocenters. The molecule has 1 unspecified atom stereocenters. The average Bonchev–Trinajstić information content (AvgIpc) is 3.71. The Morgan fingerprint density at radius 3 is 1.33 bits per heavy atom. The first kappa shape index (κ1) is 43.7. The fraction of sp³-hybridized carbons (Fsp3) is 0.152. The Kier molecular flexibility index (Phi) is 11.2. The van der Waals surface area contributed by atoms with E-state index in [9.17, 15) is 0 Å². The molecule has 11 rings (SSSR count). The number of hydrogen-bond donors (Lipinski definition) is 0. The van der Waals surface area contributed by atoms with Gasteiger partial charge in [-0.05, 0) is 104 Å². The van der Waals surface area contributed by atoms with E-state index in [-0.39, 0.29) is 16.7 Å².